The van der Waals surface area contributed by atoms with Gasteiger partial charge in [-0.1, -0.05) is 37.1 Å². The number of hydrogen-bond acceptors (Lipinski definition) is 12. The molecule has 0 spiro atoms. The van der Waals surface area contributed by atoms with Crippen LogP contribution in [0, 0.1) is 7.43 Å². The standard InChI is InChI=1S/C3H6O4.2C2H4O2.2CO2.5CH4.CH3/c4-2-3(5)7-1-6-2;2*1-3-2-4-1;2*2-1-3;;;;;;/h2-5H,1H2;2*1-2H2;;;5*1H4;1H3/q;;;;;;;;;;-1. The van der Waals surface area contributed by atoms with Crippen LogP contribution in [-0.4, -0.2) is 69.1 Å². The smallest absolute Gasteiger partial charge is 0.364 e. The fourth-order valence-corrected chi connectivity index (χ4v) is 0.510. The molecule has 2 atom stereocenters. The molecule has 27 heavy (non-hydrogen) atoms. The summed E-state index contributed by atoms with van der Waals surface area (Å²) < 4.78 is 26.7. The van der Waals surface area contributed by atoms with Crippen molar-refractivity contribution in [2.75, 3.05) is 34.0 Å². The Morgan fingerprint density at radius 3 is 0.741 bits per heavy atom. The zero-order valence-corrected chi connectivity index (χ0v) is 11.7. The van der Waals surface area contributed by atoms with Gasteiger partial charge < -0.3 is 46.1 Å². The molecule has 3 rings (SSSR count). The van der Waals surface area contributed by atoms with Gasteiger partial charge in [-0.3, -0.25) is 0 Å². The van der Waals surface area contributed by atoms with Crippen LogP contribution in [0.25, 0.3) is 0 Å². The monoisotopic (exact) mass is 409 g/mol. The third kappa shape index (κ3) is 45.5. The SMILES string of the molecule is C.C.C.C.C.C1OCO1.C1OCO1.O=C=O.O=C=O.OC1OCOC1O.[CH3-]. The van der Waals surface area contributed by atoms with Crippen molar-refractivity contribution in [2.45, 2.75) is 49.7 Å². The molecule has 0 aliphatic carbocycles. The first-order chi connectivity index (χ1) is 10.1. The molecule has 2 unspecified atom stereocenters. The molecule has 3 saturated heterocycles. The first kappa shape index (κ1) is 50.0. The van der Waals surface area contributed by atoms with Gasteiger partial charge in [-0.15, -0.1) is 0 Å². The van der Waals surface area contributed by atoms with Crippen molar-refractivity contribution in [3.63, 3.8) is 0 Å². The van der Waals surface area contributed by atoms with E-state index in [1.807, 2.05) is 0 Å². The van der Waals surface area contributed by atoms with Crippen LogP contribution < -0.4 is 0 Å². The largest absolute Gasteiger partial charge is 0.373 e. The number of aliphatic hydroxyl groups is 2. The van der Waals surface area contributed by atoms with Crippen LogP contribution in [0.15, 0.2) is 0 Å². The van der Waals surface area contributed by atoms with Crippen molar-refractivity contribution in [1.29, 1.82) is 0 Å². The molecule has 3 aliphatic rings. The number of aliphatic hydroxyl groups excluding tert-OH is 2. The lowest BCUT2D eigenvalue weighted by Crippen LogP contribution is -2.20. The van der Waals surface area contributed by atoms with Gasteiger partial charge in [-0.05, 0) is 0 Å². The fraction of sp³-hybridized carbons (Fsp3) is 0.800. The summed E-state index contributed by atoms with van der Waals surface area (Å²) in [6, 6.07) is 0. The summed E-state index contributed by atoms with van der Waals surface area (Å²) in [6.07, 6.45) is -1.81. The first-order valence-corrected chi connectivity index (χ1v) is 5.02. The third-order valence-corrected chi connectivity index (χ3v) is 1.39. The van der Waals surface area contributed by atoms with Gasteiger partial charge in [0.2, 0.25) is 12.6 Å². The Hall–Kier alpha value is -1.56. The Labute approximate surface area is 162 Å². The summed E-state index contributed by atoms with van der Waals surface area (Å²) in [6.45, 7) is 1.97. The Morgan fingerprint density at radius 1 is 0.556 bits per heavy atom. The maximum absolute atomic E-state index is 8.40. The highest BCUT2D eigenvalue weighted by atomic mass is 16.8. The van der Waals surface area contributed by atoms with Gasteiger partial charge >= 0.3 is 12.3 Å². The second kappa shape index (κ2) is 44.1. The first-order valence-electron chi connectivity index (χ1n) is 5.02. The second-order valence-corrected chi connectivity index (χ2v) is 2.69. The average Bonchev–Trinajstić information content (AvgIpc) is 2.60. The molecular weight excluding hydrogens is 372 g/mol. The van der Waals surface area contributed by atoms with Crippen molar-refractivity contribution >= 4 is 12.3 Å². The summed E-state index contributed by atoms with van der Waals surface area (Å²) >= 11 is 0. The van der Waals surface area contributed by atoms with Gasteiger partial charge in [0, 0.05) is 0 Å². The van der Waals surface area contributed by atoms with E-state index in [2.05, 4.69) is 28.4 Å². The minimum atomic E-state index is -1.15. The lowest BCUT2D eigenvalue weighted by molar-refractivity contribution is -0.247. The minimum Gasteiger partial charge on any atom is -0.364 e. The maximum Gasteiger partial charge on any atom is 0.373 e. The molecule has 0 aromatic carbocycles. The zero-order valence-electron chi connectivity index (χ0n) is 11.7. The van der Waals surface area contributed by atoms with Gasteiger partial charge in [0.25, 0.3) is 0 Å². The van der Waals surface area contributed by atoms with Crippen LogP contribution in [0.2, 0.25) is 0 Å². The highest BCUT2D eigenvalue weighted by Gasteiger charge is 2.23. The summed E-state index contributed by atoms with van der Waals surface area (Å²) in [7, 11) is 0. The lowest BCUT2D eigenvalue weighted by Gasteiger charge is -2.10. The molecule has 0 radical (unpaired) electrons. The number of ether oxygens (including phenoxy) is 6. The van der Waals surface area contributed by atoms with E-state index in [1.54, 1.807) is 0 Å². The van der Waals surface area contributed by atoms with Gasteiger partial charge in [0.15, 0.2) is 34.0 Å². The highest BCUT2D eigenvalue weighted by molar-refractivity contribution is 5.20. The molecule has 0 saturated carbocycles. The van der Waals surface area contributed by atoms with E-state index in [0.29, 0.717) is 27.2 Å². The Bertz CT molecular complexity index is 245. The van der Waals surface area contributed by atoms with Crippen LogP contribution in [-0.2, 0) is 47.6 Å². The Kier molecular flexibility index (Phi) is 81.7. The molecule has 0 aromatic heterocycles. The third-order valence-electron chi connectivity index (χ3n) is 1.39. The van der Waals surface area contributed by atoms with Crippen molar-refractivity contribution in [2.24, 2.45) is 0 Å². The van der Waals surface area contributed by atoms with Crippen LogP contribution in [0.4, 0.5) is 0 Å². The van der Waals surface area contributed by atoms with E-state index in [9.17, 15) is 0 Å². The number of hydrogen-bond donors (Lipinski definition) is 2. The molecule has 3 heterocycles. The van der Waals surface area contributed by atoms with E-state index in [-0.39, 0.29) is 63.7 Å². The van der Waals surface area contributed by atoms with E-state index in [0.717, 1.165) is 0 Å². The number of rotatable bonds is 0. The number of carbonyl (C=O) groups excluding carboxylic acids is 4. The molecule has 3 aliphatic heterocycles. The van der Waals surface area contributed by atoms with E-state index < -0.39 is 12.6 Å². The normalized spacial score (nSPS) is 18.6. The van der Waals surface area contributed by atoms with Gasteiger partial charge in [0.1, 0.15) is 0 Å². The van der Waals surface area contributed by atoms with Crippen LogP contribution in [0.3, 0.4) is 0 Å². The van der Waals surface area contributed by atoms with Crippen LogP contribution >= 0.6 is 0 Å². The maximum atomic E-state index is 8.40. The van der Waals surface area contributed by atoms with Crippen LogP contribution in [0.1, 0.15) is 37.1 Å². The molecule has 0 amide bonds. The quantitative estimate of drug-likeness (QED) is 0.546. The van der Waals surface area contributed by atoms with Crippen molar-refractivity contribution < 1.29 is 57.8 Å². The van der Waals surface area contributed by atoms with Gasteiger partial charge in [-0.2, -0.15) is 19.2 Å². The molecule has 170 valence electrons. The van der Waals surface area contributed by atoms with Crippen molar-refractivity contribution in [3.05, 3.63) is 7.43 Å². The van der Waals surface area contributed by atoms with E-state index in [4.69, 9.17) is 29.4 Å². The molecule has 2 N–H and O–H groups in total. The Balaban J connectivity index is -0.0000000274. The Morgan fingerprint density at radius 2 is 0.704 bits per heavy atom. The second-order valence-electron chi connectivity index (χ2n) is 2.69. The van der Waals surface area contributed by atoms with Gasteiger partial charge in [-0.25, -0.2) is 0 Å². The minimum absolute atomic E-state index is 0. The van der Waals surface area contributed by atoms with Crippen molar-refractivity contribution in [1.82, 2.24) is 0 Å². The molecule has 0 aromatic rings. The molecule has 12 nitrogen and oxygen atoms in total. The molecule has 3 fully saturated rings. The fourth-order valence-electron chi connectivity index (χ4n) is 0.510. The van der Waals surface area contributed by atoms with Gasteiger partial charge in [0.05, 0.1) is 0 Å². The van der Waals surface area contributed by atoms with Crippen molar-refractivity contribution in [3.8, 4) is 0 Å². The van der Waals surface area contributed by atoms with E-state index in [1.165, 1.54) is 0 Å². The summed E-state index contributed by atoms with van der Waals surface area (Å²) in [5.74, 6) is 0. The lowest BCUT2D eigenvalue weighted by atomic mass is 10.6. The topological polar surface area (TPSA) is 164 Å². The zero-order chi connectivity index (χ0) is 16.3. The average molecular weight is 409 g/mol. The predicted octanol–water partition coefficient (Wildman–Crippen LogP) is 0.988. The summed E-state index contributed by atoms with van der Waals surface area (Å²) in [5, 5.41) is 16.8. The van der Waals surface area contributed by atoms with Crippen LogP contribution in [0.5, 0.6) is 0 Å². The summed E-state index contributed by atoms with van der Waals surface area (Å²) in [5.41, 5.74) is 0. The highest BCUT2D eigenvalue weighted by Crippen LogP contribution is 2.05. The molecule has 12 heteroatoms. The predicted molar refractivity (Wildman–Crippen MR) is 92.9 cm³/mol. The molecular formula is C15H37O12-. The molecule has 0 bridgehead atoms. The summed E-state index contributed by atoms with van der Waals surface area (Å²) in [4.78, 5) is 32.5. The van der Waals surface area contributed by atoms with E-state index >= 15 is 0 Å².